The number of rotatable bonds is 9. The molecule has 0 saturated heterocycles. The lowest BCUT2D eigenvalue weighted by atomic mass is 10.1. The van der Waals surface area contributed by atoms with E-state index in [1.165, 1.54) is 25.7 Å². The minimum Gasteiger partial charge on any atom is -0.352 e. The van der Waals surface area contributed by atoms with Crippen molar-refractivity contribution in [3.05, 3.63) is 57.5 Å². The van der Waals surface area contributed by atoms with E-state index in [-0.39, 0.29) is 5.56 Å². The van der Waals surface area contributed by atoms with Crippen LogP contribution in [-0.2, 0) is 13.0 Å². The molecule has 0 amide bonds. The third-order valence-electron chi connectivity index (χ3n) is 4.06. The SMILES string of the molecule is CCCCCCCc1c(C)nc(NCc2ccccc2)[nH]c1=O. The van der Waals surface area contributed by atoms with Gasteiger partial charge in [-0.25, -0.2) is 4.98 Å². The fourth-order valence-electron chi connectivity index (χ4n) is 2.68. The Hall–Kier alpha value is -2.10. The molecule has 0 bridgehead atoms. The average molecular weight is 313 g/mol. The maximum absolute atomic E-state index is 12.3. The van der Waals surface area contributed by atoms with Crippen molar-refractivity contribution in [2.24, 2.45) is 0 Å². The van der Waals surface area contributed by atoms with Gasteiger partial charge in [0.2, 0.25) is 5.95 Å². The number of nitrogens with zero attached hydrogens (tertiary/aromatic N) is 1. The summed E-state index contributed by atoms with van der Waals surface area (Å²) >= 11 is 0. The van der Waals surface area contributed by atoms with Gasteiger partial charge in [-0.3, -0.25) is 9.78 Å². The lowest BCUT2D eigenvalue weighted by Gasteiger charge is -2.09. The molecular weight excluding hydrogens is 286 g/mol. The van der Waals surface area contributed by atoms with Gasteiger partial charge >= 0.3 is 0 Å². The summed E-state index contributed by atoms with van der Waals surface area (Å²) in [6.07, 6.45) is 6.82. The Morgan fingerprint density at radius 3 is 2.52 bits per heavy atom. The Morgan fingerprint density at radius 1 is 1.09 bits per heavy atom. The molecule has 1 aromatic carbocycles. The number of H-pyrrole nitrogens is 1. The van der Waals surface area contributed by atoms with E-state index < -0.39 is 0 Å². The Kier molecular flexibility index (Phi) is 6.85. The summed E-state index contributed by atoms with van der Waals surface area (Å²) in [5.41, 5.74) is 2.81. The van der Waals surface area contributed by atoms with E-state index in [1.54, 1.807) is 0 Å². The third-order valence-corrected chi connectivity index (χ3v) is 4.06. The van der Waals surface area contributed by atoms with Gasteiger partial charge in [0.15, 0.2) is 0 Å². The molecule has 1 heterocycles. The van der Waals surface area contributed by atoms with Gasteiger partial charge in [-0.1, -0.05) is 62.9 Å². The Bertz CT molecular complexity index is 649. The summed E-state index contributed by atoms with van der Waals surface area (Å²) in [7, 11) is 0. The molecule has 2 aromatic rings. The maximum Gasteiger partial charge on any atom is 0.255 e. The van der Waals surface area contributed by atoms with Crippen molar-refractivity contribution in [1.29, 1.82) is 0 Å². The van der Waals surface area contributed by atoms with Crippen LogP contribution in [0.5, 0.6) is 0 Å². The number of aromatic amines is 1. The number of aryl methyl sites for hydroxylation is 1. The number of benzene rings is 1. The minimum atomic E-state index is -0.0106. The van der Waals surface area contributed by atoms with Crippen molar-refractivity contribution < 1.29 is 0 Å². The highest BCUT2D eigenvalue weighted by molar-refractivity contribution is 5.31. The van der Waals surface area contributed by atoms with E-state index in [0.717, 1.165) is 29.7 Å². The van der Waals surface area contributed by atoms with Gasteiger partial charge in [0.25, 0.3) is 5.56 Å². The molecule has 0 aliphatic heterocycles. The summed E-state index contributed by atoms with van der Waals surface area (Å²) < 4.78 is 0. The first-order chi connectivity index (χ1) is 11.2. The topological polar surface area (TPSA) is 57.8 Å². The van der Waals surface area contributed by atoms with Gasteiger partial charge in [-0.05, 0) is 25.3 Å². The average Bonchev–Trinajstić information content (AvgIpc) is 2.56. The van der Waals surface area contributed by atoms with E-state index in [1.807, 2.05) is 37.3 Å². The largest absolute Gasteiger partial charge is 0.352 e. The molecule has 2 N–H and O–H groups in total. The Morgan fingerprint density at radius 2 is 1.83 bits per heavy atom. The molecule has 0 spiro atoms. The van der Waals surface area contributed by atoms with Crippen molar-refractivity contribution in [2.75, 3.05) is 5.32 Å². The third kappa shape index (κ3) is 5.55. The van der Waals surface area contributed by atoms with E-state index in [0.29, 0.717) is 12.5 Å². The van der Waals surface area contributed by atoms with Crippen molar-refractivity contribution in [3.63, 3.8) is 0 Å². The zero-order valence-electron chi connectivity index (χ0n) is 14.2. The quantitative estimate of drug-likeness (QED) is 0.682. The minimum absolute atomic E-state index is 0.0106. The summed E-state index contributed by atoms with van der Waals surface area (Å²) in [6, 6.07) is 10.1. The predicted octanol–water partition coefficient (Wildman–Crippen LogP) is 4.20. The van der Waals surface area contributed by atoms with Gasteiger partial charge < -0.3 is 5.32 Å². The highest BCUT2D eigenvalue weighted by Gasteiger charge is 2.08. The lowest BCUT2D eigenvalue weighted by Crippen LogP contribution is -2.19. The highest BCUT2D eigenvalue weighted by atomic mass is 16.1. The number of aromatic nitrogens is 2. The van der Waals surface area contributed by atoms with Crippen LogP contribution >= 0.6 is 0 Å². The molecule has 2 rings (SSSR count). The first-order valence-electron chi connectivity index (χ1n) is 8.58. The Balaban J connectivity index is 1.92. The molecule has 1 aromatic heterocycles. The van der Waals surface area contributed by atoms with Gasteiger partial charge in [0.1, 0.15) is 0 Å². The van der Waals surface area contributed by atoms with Gasteiger partial charge in [-0.2, -0.15) is 0 Å². The summed E-state index contributed by atoms with van der Waals surface area (Å²) in [6.45, 7) is 4.78. The zero-order valence-corrected chi connectivity index (χ0v) is 14.2. The number of anilines is 1. The van der Waals surface area contributed by atoms with Crippen LogP contribution < -0.4 is 10.9 Å². The molecule has 23 heavy (non-hydrogen) atoms. The van der Waals surface area contributed by atoms with Crippen LogP contribution in [0, 0.1) is 6.92 Å². The van der Waals surface area contributed by atoms with Crippen molar-refractivity contribution in [1.82, 2.24) is 9.97 Å². The fourth-order valence-corrected chi connectivity index (χ4v) is 2.68. The second kappa shape index (κ2) is 9.13. The van der Waals surface area contributed by atoms with Crippen molar-refractivity contribution in [3.8, 4) is 0 Å². The summed E-state index contributed by atoms with van der Waals surface area (Å²) in [5.74, 6) is 0.547. The number of unbranched alkanes of at least 4 members (excludes halogenated alkanes) is 4. The van der Waals surface area contributed by atoms with Crippen LogP contribution in [0.1, 0.15) is 55.8 Å². The molecule has 4 nitrogen and oxygen atoms in total. The van der Waals surface area contributed by atoms with Crippen LogP contribution in [0.3, 0.4) is 0 Å². The molecule has 0 atom stereocenters. The number of hydrogen-bond donors (Lipinski definition) is 2. The Labute approximate surface area is 138 Å². The van der Waals surface area contributed by atoms with Gasteiger partial charge in [0.05, 0.1) is 0 Å². The molecule has 0 aliphatic rings. The van der Waals surface area contributed by atoms with Crippen molar-refractivity contribution >= 4 is 5.95 Å². The van der Waals surface area contributed by atoms with E-state index in [2.05, 4.69) is 22.2 Å². The maximum atomic E-state index is 12.3. The van der Waals surface area contributed by atoms with Gasteiger partial charge in [-0.15, -0.1) is 0 Å². The first-order valence-corrected chi connectivity index (χ1v) is 8.58. The van der Waals surface area contributed by atoms with Crippen LogP contribution in [0.4, 0.5) is 5.95 Å². The summed E-state index contributed by atoms with van der Waals surface area (Å²) in [4.78, 5) is 19.6. The predicted molar refractivity (Wildman–Crippen MR) is 95.8 cm³/mol. The molecule has 0 radical (unpaired) electrons. The van der Waals surface area contributed by atoms with E-state index >= 15 is 0 Å². The van der Waals surface area contributed by atoms with Crippen LogP contribution in [0.2, 0.25) is 0 Å². The van der Waals surface area contributed by atoms with Crippen LogP contribution in [0.15, 0.2) is 35.1 Å². The first kappa shape index (κ1) is 17.3. The van der Waals surface area contributed by atoms with E-state index in [4.69, 9.17) is 0 Å². The van der Waals surface area contributed by atoms with Gasteiger partial charge in [0, 0.05) is 17.8 Å². The summed E-state index contributed by atoms with van der Waals surface area (Å²) in [5, 5.41) is 3.19. The molecule has 124 valence electrons. The molecular formula is C19H27N3O. The zero-order chi connectivity index (χ0) is 16.5. The molecule has 0 fully saturated rings. The fraction of sp³-hybridized carbons (Fsp3) is 0.474. The second-order valence-electron chi connectivity index (χ2n) is 5.98. The smallest absolute Gasteiger partial charge is 0.255 e. The molecule has 0 saturated carbocycles. The monoisotopic (exact) mass is 313 g/mol. The normalized spacial score (nSPS) is 10.7. The van der Waals surface area contributed by atoms with E-state index in [9.17, 15) is 4.79 Å². The molecule has 0 aliphatic carbocycles. The standard InChI is InChI=1S/C19H27N3O/c1-3-4-5-6-10-13-17-15(2)21-19(22-18(17)23)20-14-16-11-8-7-9-12-16/h7-9,11-12H,3-6,10,13-14H2,1-2H3,(H2,20,21,22,23). The van der Waals surface area contributed by atoms with Crippen molar-refractivity contribution in [2.45, 2.75) is 58.9 Å². The number of nitrogens with one attached hydrogen (secondary N) is 2. The lowest BCUT2D eigenvalue weighted by molar-refractivity contribution is 0.628. The molecule has 4 heteroatoms. The molecule has 0 unspecified atom stereocenters. The highest BCUT2D eigenvalue weighted by Crippen LogP contribution is 2.10. The second-order valence-corrected chi connectivity index (χ2v) is 5.98. The number of hydrogen-bond acceptors (Lipinski definition) is 3. The van der Waals surface area contributed by atoms with Crippen LogP contribution in [0.25, 0.3) is 0 Å². The van der Waals surface area contributed by atoms with Crippen LogP contribution in [-0.4, -0.2) is 9.97 Å².